The molecule has 0 saturated carbocycles. The van der Waals surface area contributed by atoms with Gasteiger partial charge in [0.25, 0.3) is 5.91 Å². The molecule has 2 aliphatic rings. The molecular formula is C28H24FN3O2. The van der Waals surface area contributed by atoms with Crippen molar-refractivity contribution in [1.29, 1.82) is 0 Å². The Morgan fingerprint density at radius 2 is 1.91 bits per heavy atom. The second-order valence-corrected chi connectivity index (χ2v) is 8.91. The Morgan fingerprint density at radius 1 is 1.03 bits per heavy atom. The Labute approximate surface area is 196 Å². The van der Waals surface area contributed by atoms with Crippen LogP contribution in [0.1, 0.15) is 45.2 Å². The molecule has 1 atom stereocenters. The van der Waals surface area contributed by atoms with Crippen LogP contribution in [0.25, 0.3) is 16.5 Å². The highest BCUT2D eigenvalue weighted by molar-refractivity contribution is 6.00. The van der Waals surface area contributed by atoms with Crippen LogP contribution >= 0.6 is 0 Å². The van der Waals surface area contributed by atoms with Crippen molar-refractivity contribution < 1.29 is 14.3 Å². The number of hydrogen-bond acceptors (Lipinski definition) is 3. The van der Waals surface area contributed by atoms with E-state index in [2.05, 4.69) is 22.4 Å². The van der Waals surface area contributed by atoms with Crippen LogP contribution in [0.4, 0.5) is 4.39 Å². The van der Waals surface area contributed by atoms with E-state index in [-0.39, 0.29) is 11.7 Å². The summed E-state index contributed by atoms with van der Waals surface area (Å²) in [5, 5.41) is 15.0. The number of phenolic OH excluding ortho intramolecular Hbond substituents is 1. The second kappa shape index (κ2) is 8.15. The van der Waals surface area contributed by atoms with E-state index in [1.807, 2.05) is 42.5 Å². The molecule has 3 heterocycles. The van der Waals surface area contributed by atoms with Gasteiger partial charge in [-0.05, 0) is 71.5 Å². The quantitative estimate of drug-likeness (QED) is 0.401. The first-order valence-electron chi connectivity index (χ1n) is 11.5. The molecule has 0 bridgehead atoms. The highest BCUT2D eigenvalue weighted by atomic mass is 19.1. The summed E-state index contributed by atoms with van der Waals surface area (Å²) in [5.41, 5.74) is 5.89. The number of carbonyl (C=O) groups is 1. The normalized spacial score (nSPS) is 16.6. The van der Waals surface area contributed by atoms with Crippen molar-refractivity contribution in [1.82, 2.24) is 15.2 Å². The molecule has 3 aromatic carbocycles. The Hall–Kier alpha value is -3.90. The molecule has 1 amide bonds. The number of rotatable bonds is 4. The molecule has 0 radical (unpaired) electrons. The number of halogens is 1. The van der Waals surface area contributed by atoms with Crippen molar-refractivity contribution in [3.63, 3.8) is 0 Å². The Morgan fingerprint density at radius 3 is 2.74 bits per heavy atom. The van der Waals surface area contributed by atoms with E-state index in [0.717, 1.165) is 47.2 Å². The standard InChI is InChI=1S/C28H24FN3O2/c29-21-7-8-26(33)23(15-21)27(25-14-19-3-1-2-4-24(19)31-25)32-16-20-6-5-18(13-22(20)28(32)34)17-9-11-30-12-10-17/h1-9,13-15,27,30-31,33H,10-12,16H2/t27-/m1/s1. The minimum absolute atomic E-state index is 0.0469. The van der Waals surface area contributed by atoms with Gasteiger partial charge < -0.3 is 20.3 Å². The summed E-state index contributed by atoms with van der Waals surface area (Å²) in [7, 11) is 0. The zero-order chi connectivity index (χ0) is 23.2. The van der Waals surface area contributed by atoms with Crippen LogP contribution in [0.2, 0.25) is 0 Å². The van der Waals surface area contributed by atoms with Crippen molar-refractivity contribution in [2.75, 3.05) is 13.1 Å². The summed E-state index contributed by atoms with van der Waals surface area (Å²) < 4.78 is 14.3. The van der Waals surface area contributed by atoms with Gasteiger partial charge in [0.15, 0.2) is 0 Å². The number of fused-ring (bicyclic) bond motifs is 2. The molecule has 3 N–H and O–H groups in total. The van der Waals surface area contributed by atoms with Gasteiger partial charge in [0, 0.05) is 35.4 Å². The smallest absolute Gasteiger partial charge is 0.255 e. The molecule has 34 heavy (non-hydrogen) atoms. The number of carbonyl (C=O) groups excluding carboxylic acids is 1. The molecule has 2 aliphatic heterocycles. The van der Waals surface area contributed by atoms with E-state index < -0.39 is 11.9 Å². The van der Waals surface area contributed by atoms with E-state index in [1.165, 1.54) is 23.8 Å². The lowest BCUT2D eigenvalue weighted by molar-refractivity contribution is 0.0726. The average Bonchev–Trinajstić information content (AvgIpc) is 3.43. The van der Waals surface area contributed by atoms with Gasteiger partial charge in [0.2, 0.25) is 0 Å². The number of aromatic hydroxyl groups is 1. The molecule has 0 unspecified atom stereocenters. The van der Waals surface area contributed by atoms with E-state index in [0.29, 0.717) is 17.7 Å². The molecule has 0 spiro atoms. The summed E-state index contributed by atoms with van der Waals surface area (Å²) in [5.74, 6) is -0.633. The predicted octanol–water partition coefficient (Wildman–Crippen LogP) is 5.13. The minimum Gasteiger partial charge on any atom is -0.508 e. The topological polar surface area (TPSA) is 68.4 Å². The maximum absolute atomic E-state index is 14.3. The van der Waals surface area contributed by atoms with E-state index in [1.54, 1.807) is 4.90 Å². The van der Waals surface area contributed by atoms with Crippen LogP contribution in [-0.2, 0) is 6.54 Å². The Kier molecular flexibility index (Phi) is 4.96. The Balaban J connectivity index is 1.45. The van der Waals surface area contributed by atoms with Gasteiger partial charge in [0.1, 0.15) is 17.6 Å². The van der Waals surface area contributed by atoms with Crippen molar-refractivity contribution in [3.8, 4) is 5.75 Å². The van der Waals surface area contributed by atoms with Gasteiger partial charge >= 0.3 is 0 Å². The van der Waals surface area contributed by atoms with Crippen LogP contribution in [0, 0.1) is 5.82 Å². The third-order valence-corrected chi connectivity index (χ3v) is 6.82. The fourth-order valence-corrected chi connectivity index (χ4v) is 5.11. The molecule has 0 saturated heterocycles. The second-order valence-electron chi connectivity index (χ2n) is 8.91. The first-order chi connectivity index (χ1) is 16.6. The van der Waals surface area contributed by atoms with Crippen molar-refractivity contribution in [3.05, 3.63) is 107 Å². The molecule has 1 aromatic heterocycles. The summed E-state index contributed by atoms with van der Waals surface area (Å²) >= 11 is 0. The molecule has 0 fully saturated rings. The van der Waals surface area contributed by atoms with Gasteiger partial charge in [-0.2, -0.15) is 0 Å². The molecule has 0 aliphatic carbocycles. The van der Waals surface area contributed by atoms with Gasteiger partial charge in [-0.15, -0.1) is 0 Å². The summed E-state index contributed by atoms with van der Waals surface area (Å²) in [4.78, 5) is 18.8. The maximum atomic E-state index is 14.3. The van der Waals surface area contributed by atoms with Crippen molar-refractivity contribution in [2.24, 2.45) is 0 Å². The lowest BCUT2D eigenvalue weighted by atomic mass is 9.97. The highest BCUT2D eigenvalue weighted by Gasteiger charge is 2.37. The Bertz CT molecular complexity index is 1420. The number of phenols is 1. The third-order valence-electron chi connectivity index (χ3n) is 6.82. The predicted molar refractivity (Wildman–Crippen MR) is 130 cm³/mol. The number of benzene rings is 3. The van der Waals surface area contributed by atoms with Gasteiger partial charge in [-0.25, -0.2) is 4.39 Å². The van der Waals surface area contributed by atoms with E-state index in [4.69, 9.17) is 0 Å². The number of nitrogens with zero attached hydrogens (tertiary/aromatic N) is 1. The minimum atomic E-state index is -0.662. The van der Waals surface area contributed by atoms with E-state index in [9.17, 15) is 14.3 Å². The number of hydrogen-bond donors (Lipinski definition) is 3. The number of nitrogens with one attached hydrogen (secondary N) is 2. The third kappa shape index (κ3) is 3.47. The zero-order valence-electron chi connectivity index (χ0n) is 18.5. The van der Waals surface area contributed by atoms with Crippen molar-refractivity contribution in [2.45, 2.75) is 19.0 Å². The number of para-hydroxylation sites is 1. The van der Waals surface area contributed by atoms with Gasteiger partial charge in [-0.3, -0.25) is 4.79 Å². The zero-order valence-corrected chi connectivity index (χ0v) is 18.5. The summed E-state index contributed by atoms with van der Waals surface area (Å²) in [6.45, 7) is 2.13. The van der Waals surface area contributed by atoms with Crippen LogP contribution in [0.3, 0.4) is 0 Å². The molecule has 4 aromatic rings. The first kappa shape index (κ1) is 20.7. The van der Waals surface area contributed by atoms with Crippen LogP contribution in [0.15, 0.2) is 72.8 Å². The maximum Gasteiger partial charge on any atom is 0.255 e. The fraction of sp³-hybridized carbons (Fsp3) is 0.179. The average molecular weight is 454 g/mol. The van der Waals surface area contributed by atoms with Crippen molar-refractivity contribution >= 4 is 22.4 Å². The lowest BCUT2D eigenvalue weighted by Crippen LogP contribution is -2.30. The van der Waals surface area contributed by atoms with E-state index >= 15 is 0 Å². The van der Waals surface area contributed by atoms with Gasteiger partial charge in [0.05, 0.1) is 0 Å². The van der Waals surface area contributed by atoms with Crippen LogP contribution < -0.4 is 5.32 Å². The van der Waals surface area contributed by atoms with Gasteiger partial charge in [-0.1, -0.05) is 36.4 Å². The number of aromatic amines is 1. The molecular weight excluding hydrogens is 429 g/mol. The number of H-pyrrole nitrogens is 1. The number of amides is 1. The largest absolute Gasteiger partial charge is 0.508 e. The number of aromatic nitrogens is 1. The SMILES string of the molecule is O=C1c2cc(C3=CCNCC3)ccc2CN1[C@@H](c1cc2ccccc2[nH]1)c1cc(F)ccc1O. The van der Waals surface area contributed by atoms with Crippen LogP contribution in [-0.4, -0.2) is 34.0 Å². The molecule has 170 valence electrons. The van der Waals surface area contributed by atoms with Crippen LogP contribution in [0.5, 0.6) is 5.75 Å². The first-order valence-corrected chi connectivity index (χ1v) is 11.5. The molecule has 6 heteroatoms. The highest BCUT2D eigenvalue weighted by Crippen LogP contribution is 2.40. The fourth-order valence-electron chi connectivity index (χ4n) is 5.11. The lowest BCUT2D eigenvalue weighted by Gasteiger charge is -2.28. The molecule has 5 nitrogen and oxygen atoms in total. The molecule has 6 rings (SSSR count). The summed E-state index contributed by atoms with van der Waals surface area (Å²) in [6.07, 6.45) is 3.09. The monoisotopic (exact) mass is 453 g/mol. The summed E-state index contributed by atoms with van der Waals surface area (Å²) in [6, 6.07) is 19.1.